The van der Waals surface area contributed by atoms with Crippen LogP contribution >= 0.6 is 0 Å². The van der Waals surface area contributed by atoms with Crippen molar-refractivity contribution in [3.8, 4) is 0 Å². The molecule has 2 aromatic rings. The molecule has 5 heteroatoms. The maximum atomic E-state index is 12.1. The van der Waals surface area contributed by atoms with Crippen molar-refractivity contribution >= 4 is 11.6 Å². The molecule has 0 atom stereocenters. The highest BCUT2D eigenvalue weighted by Gasteiger charge is 2.11. The molecular formula is C15H19N3O2. The molecule has 5 nitrogen and oxygen atoms in total. The van der Waals surface area contributed by atoms with Gasteiger partial charge in [0.25, 0.3) is 5.91 Å². The van der Waals surface area contributed by atoms with E-state index in [1.54, 1.807) is 0 Å². The van der Waals surface area contributed by atoms with Crippen LogP contribution in [0.25, 0.3) is 0 Å². The Morgan fingerprint density at radius 3 is 2.40 bits per heavy atom. The minimum absolute atomic E-state index is 0.102. The Hall–Kier alpha value is -2.30. The Morgan fingerprint density at radius 1 is 1.25 bits per heavy atom. The van der Waals surface area contributed by atoms with Gasteiger partial charge >= 0.3 is 0 Å². The smallest absolute Gasteiger partial charge is 0.251 e. The number of benzene rings is 1. The minimum atomic E-state index is -0.102. The number of hydrogen-bond acceptors (Lipinski definition) is 4. The normalized spacial score (nSPS) is 10.4. The molecule has 20 heavy (non-hydrogen) atoms. The van der Waals surface area contributed by atoms with Gasteiger partial charge in [0.2, 0.25) is 0 Å². The van der Waals surface area contributed by atoms with Crippen molar-refractivity contribution in [1.29, 1.82) is 0 Å². The van der Waals surface area contributed by atoms with E-state index in [-0.39, 0.29) is 5.91 Å². The molecule has 1 aromatic carbocycles. The van der Waals surface area contributed by atoms with Gasteiger partial charge < -0.3 is 14.7 Å². The molecule has 0 aliphatic heterocycles. The molecule has 0 fully saturated rings. The van der Waals surface area contributed by atoms with Gasteiger partial charge in [-0.2, -0.15) is 0 Å². The number of carbonyl (C=O) groups excluding carboxylic acids is 1. The van der Waals surface area contributed by atoms with Crippen molar-refractivity contribution in [2.45, 2.75) is 20.4 Å². The molecule has 1 heterocycles. The topological polar surface area (TPSA) is 58.4 Å². The summed E-state index contributed by atoms with van der Waals surface area (Å²) < 4.78 is 5.07. The average molecular weight is 273 g/mol. The molecule has 0 aliphatic carbocycles. The Balaban J connectivity index is 2.02. The molecular weight excluding hydrogens is 254 g/mol. The van der Waals surface area contributed by atoms with Crippen LogP contribution in [0.5, 0.6) is 0 Å². The number of anilines is 1. The second kappa shape index (κ2) is 5.77. The quantitative estimate of drug-likeness (QED) is 0.928. The standard InChI is InChI=1S/C15H19N3O2/c1-10-14(11(2)20-17-10)9-16-15(19)12-5-7-13(8-6-12)18(3)4/h5-8H,9H2,1-4H3,(H,16,19). The summed E-state index contributed by atoms with van der Waals surface area (Å²) in [4.78, 5) is 14.1. The third-order valence-electron chi connectivity index (χ3n) is 3.25. The summed E-state index contributed by atoms with van der Waals surface area (Å²) >= 11 is 0. The van der Waals surface area contributed by atoms with Crippen molar-refractivity contribution in [3.05, 3.63) is 46.8 Å². The Bertz CT molecular complexity index is 581. The Labute approximate surface area is 118 Å². The lowest BCUT2D eigenvalue weighted by Gasteiger charge is -2.12. The van der Waals surface area contributed by atoms with Crippen LogP contribution in [0.15, 0.2) is 28.8 Å². The molecule has 0 aliphatic rings. The van der Waals surface area contributed by atoms with Crippen LogP contribution in [-0.4, -0.2) is 25.2 Å². The first kappa shape index (κ1) is 14.1. The first-order chi connectivity index (χ1) is 9.49. The first-order valence-corrected chi connectivity index (χ1v) is 6.46. The molecule has 0 saturated heterocycles. The molecule has 0 unspecified atom stereocenters. The number of hydrogen-bond donors (Lipinski definition) is 1. The summed E-state index contributed by atoms with van der Waals surface area (Å²) in [5, 5.41) is 6.75. The molecule has 0 saturated carbocycles. The third kappa shape index (κ3) is 2.99. The lowest BCUT2D eigenvalue weighted by molar-refractivity contribution is 0.0951. The summed E-state index contributed by atoms with van der Waals surface area (Å²) in [6.07, 6.45) is 0. The van der Waals surface area contributed by atoms with E-state index in [0.29, 0.717) is 12.1 Å². The van der Waals surface area contributed by atoms with E-state index >= 15 is 0 Å². The summed E-state index contributed by atoms with van der Waals surface area (Å²) in [6.45, 7) is 4.13. The van der Waals surface area contributed by atoms with Gasteiger partial charge in [0, 0.05) is 37.5 Å². The van der Waals surface area contributed by atoms with Gasteiger partial charge in [-0.05, 0) is 38.1 Å². The van der Waals surface area contributed by atoms with Gasteiger partial charge in [-0.3, -0.25) is 4.79 Å². The van der Waals surface area contributed by atoms with E-state index < -0.39 is 0 Å². The third-order valence-corrected chi connectivity index (χ3v) is 3.25. The van der Waals surface area contributed by atoms with Crippen molar-refractivity contribution in [2.24, 2.45) is 0 Å². The lowest BCUT2D eigenvalue weighted by Crippen LogP contribution is -2.23. The number of aromatic nitrogens is 1. The van der Waals surface area contributed by atoms with E-state index in [4.69, 9.17) is 4.52 Å². The number of nitrogens with zero attached hydrogens (tertiary/aromatic N) is 2. The van der Waals surface area contributed by atoms with E-state index in [9.17, 15) is 4.79 Å². The zero-order valence-electron chi connectivity index (χ0n) is 12.2. The molecule has 1 aromatic heterocycles. The fourth-order valence-electron chi connectivity index (χ4n) is 1.94. The molecule has 1 N–H and O–H groups in total. The predicted molar refractivity (Wildman–Crippen MR) is 77.9 cm³/mol. The van der Waals surface area contributed by atoms with Crippen molar-refractivity contribution in [2.75, 3.05) is 19.0 Å². The Kier molecular flexibility index (Phi) is 4.08. The van der Waals surface area contributed by atoms with E-state index in [1.807, 2.05) is 57.1 Å². The SMILES string of the molecule is Cc1noc(C)c1CNC(=O)c1ccc(N(C)C)cc1. The molecule has 106 valence electrons. The maximum Gasteiger partial charge on any atom is 0.251 e. The number of aryl methyl sites for hydroxylation is 2. The monoisotopic (exact) mass is 273 g/mol. The zero-order chi connectivity index (χ0) is 14.7. The van der Waals surface area contributed by atoms with Crippen LogP contribution in [0.1, 0.15) is 27.4 Å². The van der Waals surface area contributed by atoms with Gasteiger partial charge in [-0.25, -0.2) is 0 Å². The molecule has 0 radical (unpaired) electrons. The predicted octanol–water partition coefficient (Wildman–Crippen LogP) is 2.29. The van der Waals surface area contributed by atoms with Crippen molar-refractivity contribution in [1.82, 2.24) is 10.5 Å². The maximum absolute atomic E-state index is 12.1. The highest BCUT2D eigenvalue weighted by Crippen LogP contribution is 2.14. The zero-order valence-corrected chi connectivity index (χ0v) is 12.2. The number of amides is 1. The molecule has 2 rings (SSSR count). The second-order valence-electron chi connectivity index (χ2n) is 4.93. The average Bonchev–Trinajstić information content (AvgIpc) is 2.75. The summed E-state index contributed by atoms with van der Waals surface area (Å²) in [5.74, 6) is 0.640. The molecule has 1 amide bonds. The van der Waals surface area contributed by atoms with Crippen molar-refractivity contribution in [3.63, 3.8) is 0 Å². The van der Waals surface area contributed by atoms with Crippen LogP contribution in [0.2, 0.25) is 0 Å². The van der Waals surface area contributed by atoms with E-state index in [2.05, 4.69) is 10.5 Å². The number of rotatable bonds is 4. The van der Waals surface area contributed by atoms with Gasteiger partial charge in [0.15, 0.2) is 0 Å². The van der Waals surface area contributed by atoms with Crippen LogP contribution < -0.4 is 10.2 Å². The highest BCUT2D eigenvalue weighted by atomic mass is 16.5. The summed E-state index contributed by atoms with van der Waals surface area (Å²) in [7, 11) is 3.93. The highest BCUT2D eigenvalue weighted by molar-refractivity contribution is 5.94. The molecule has 0 bridgehead atoms. The van der Waals surface area contributed by atoms with Crippen molar-refractivity contribution < 1.29 is 9.32 Å². The fourth-order valence-corrected chi connectivity index (χ4v) is 1.94. The summed E-state index contributed by atoms with van der Waals surface area (Å²) in [5.41, 5.74) is 3.45. The van der Waals surface area contributed by atoms with Gasteiger partial charge in [-0.15, -0.1) is 0 Å². The first-order valence-electron chi connectivity index (χ1n) is 6.46. The fraction of sp³-hybridized carbons (Fsp3) is 0.333. The summed E-state index contributed by atoms with van der Waals surface area (Å²) in [6, 6.07) is 7.48. The van der Waals surface area contributed by atoms with Crippen LogP contribution in [-0.2, 0) is 6.54 Å². The molecule has 0 spiro atoms. The number of nitrogens with one attached hydrogen (secondary N) is 1. The van der Waals surface area contributed by atoms with Crippen LogP contribution in [0.3, 0.4) is 0 Å². The van der Waals surface area contributed by atoms with Crippen LogP contribution in [0, 0.1) is 13.8 Å². The number of carbonyl (C=O) groups is 1. The minimum Gasteiger partial charge on any atom is -0.378 e. The van der Waals surface area contributed by atoms with Gasteiger partial charge in [-0.1, -0.05) is 5.16 Å². The largest absolute Gasteiger partial charge is 0.378 e. The van der Waals surface area contributed by atoms with E-state index in [0.717, 1.165) is 22.7 Å². The van der Waals surface area contributed by atoms with Gasteiger partial charge in [0.1, 0.15) is 5.76 Å². The van der Waals surface area contributed by atoms with E-state index in [1.165, 1.54) is 0 Å². The van der Waals surface area contributed by atoms with Gasteiger partial charge in [0.05, 0.1) is 5.69 Å². The second-order valence-corrected chi connectivity index (χ2v) is 4.93. The Morgan fingerprint density at radius 2 is 1.90 bits per heavy atom. The lowest BCUT2D eigenvalue weighted by atomic mass is 10.1. The van der Waals surface area contributed by atoms with Crippen LogP contribution in [0.4, 0.5) is 5.69 Å².